The standard InChI is InChI=1S/C15H24N2O2.2ClH/c1-4-19-15-9-11(5-6-14(15)18-3)12-10-17(2)8-7-13(12)16;;/h5-6,9,12-13H,4,7-8,10,16H2,1-3H3;2*1H/t12-,13-;;/m1../s1. The van der Waals surface area contributed by atoms with Crippen molar-refractivity contribution in [3.8, 4) is 11.5 Å². The quantitative estimate of drug-likeness (QED) is 0.918. The molecule has 2 N–H and O–H groups in total. The van der Waals surface area contributed by atoms with Crippen LogP contribution in [0.2, 0.25) is 0 Å². The van der Waals surface area contributed by atoms with Gasteiger partial charge in [-0.1, -0.05) is 6.07 Å². The van der Waals surface area contributed by atoms with Crippen molar-refractivity contribution in [2.45, 2.75) is 25.3 Å². The molecule has 1 saturated heterocycles. The molecule has 0 bridgehead atoms. The summed E-state index contributed by atoms with van der Waals surface area (Å²) in [5, 5.41) is 0. The fraction of sp³-hybridized carbons (Fsp3) is 0.600. The van der Waals surface area contributed by atoms with E-state index < -0.39 is 0 Å². The maximum absolute atomic E-state index is 6.27. The highest BCUT2D eigenvalue weighted by Crippen LogP contribution is 2.33. The number of rotatable bonds is 4. The van der Waals surface area contributed by atoms with E-state index >= 15 is 0 Å². The van der Waals surface area contributed by atoms with Crippen molar-refractivity contribution >= 4 is 24.8 Å². The summed E-state index contributed by atoms with van der Waals surface area (Å²) in [6.45, 7) is 4.69. The average Bonchev–Trinajstić information content (AvgIpc) is 2.42. The van der Waals surface area contributed by atoms with E-state index in [0.29, 0.717) is 12.5 Å². The molecule has 1 aromatic rings. The molecular weight excluding hydrogens is 311 g/mol. The van der Waals surface area contributed by atoms with E-state index in [4.69, 9.17) is 15.2 Å². The molecule has 6 heteroatoms. The molecule has 1 aromatic carbocycles. The van der Waals surface area contributed by atoms with Crippen molar-refractivity contribution in [2.75, 3.05) is 33.9 Å². The molecule has 0 amide bonds. The van der Waals surface area contributed by atoms with E-state index in [9.17, 15) is 0 Å². The van der Waals surface area contributed by atoms with Crippen molar-refractivity contribution in [2.24, 2.45) is 5.73 Å². The number of hydrogen-bond donors (Lipinski definition) is 1. The first-order valence-electron chi connectivity index (χ1n) is 6.90. The summed E-state index contributed by atoms with van der Waals surface area (Å²) >= 11 is 0. The lowest BCUT2D eigenvalue weighted by Crippen LogP contribution is -2.44. The minimum Gasteiger partial charge on any atom is -0.493 e. The molecule has 2 rings (SSSR count). The van der Waals surface area contributed by atoms with Crippen LogP contribution < -0.4 is 15.2 Å². The summed E-state index contributed by atoms with van der Waals surface area (Å²) < 4.78 is 11.0. The molecule has 122 valence electrons. The van der Waals surface area contributed by atoms with E-state index in [1.807, 2.05) is 13.0 Å². The van der Waals surface area contributed by atoms with Crippen molar-refractivity contribution in [3.63, 3.8) is 0 Å². The van der Waals surface area contributed by atoms with Crippen LogP contribution in [0.5, 0.6) is 11.5 Å². The second-order valence-corrected chi connectivity index (χ2v) is 5.16. The molecule has 1 heterocycles. The molecule has 1 aliphatic heterocycles. The number of likely N-dealkylation sites (N-methyl/N-ethyl adjacent to an activating group) is 1. The van der Waals surface area contributed by atoms with Crippen LogP contribution in [0.15, 0.2) is 18.2 Å². The van der Waals surface area contributed by atoms with E-state index in [-0.39, 0.29) is 30.9 Å². The molecular formula is C15H26Cl2N2O2. The van der Waals surface area contributed by atoms with E-state index in [1.165, 1.54) is 5.56 Å². The third kappa shape index (κ3) is 4.92. The van der Waals surface area contributed by atoms with Gasteiger partial charge in [0.25, 0.3) is 0 Å². The molecule has 0 spiro atoms. The van der Waals surface area contributed by atoms with Crippen LogP contribution in [-0.2, 0) is 0 Å². The number of methoxy groups -OCH3 is 1. The first kappa shape index (κ1) is 20.3. The topological polar surface area (TPSA) is 47.7 Å². The minimum atomic E-state index is 0. The van der Waals surface area contributed by atoms with Gasteiger partial charge in [0.1, 0.15) is 0 Å². The normalized spacial score (nSPS) is 21.9. The van der Waals surface area contributed by atoms with Crippen molar-refractivity contribution in [3.05, 3.63) is 23.8 Å². The van der Waals surface area contributed by atoms with E-state index in [2.05, 4.69) is 24.1 Å². The third-order valence-electron chi connectivity index (χ3n) is 3.79. The number of benzene rings is 1. The number of halogens is 2. The summed E-state index contributed by atoms with van der Waals surface area (Å²) in [6.07, 6.45) is 1.04. The highest BCUT2D eigenvalue weighted by Gasteiger charge is 2.26. The Morgan fingerprint density at radius 2 is 2.00 bits per heavy atom. The Kier molecular flexibility index (Phi) is 9.06. The smallest absolute Gasteiger partial charge is 0.161 e. The number of nitrogens with zero attached hydrogens (tertiary/aromatic N) is 1. The lowest BCUT2D eigenvalue weighted by molar-refractivity contribution is 0.227. The summed E-state index contributed by atoms with van der Waals surface area (Å²) in [7, 11) is 3.81. The lowest BCUT2D eigenvalue weighted by Gasteiger charge is -2.35. The zero-order valence-electron chi connectivity index (χ0n) is 12.9. The Hall–Kier alpha value is -0.680. The van der Waals surface area contributed by atoms with Gasteiger partial charge in [-0.05, 0) is 44.6 Å². The van der Waals surface area contributed by atoms with Gasteiger partial charge >= 0.3 is 0 Å². The number of piperidine rings is 1. The van der Waals surface area contributed by atoms with Crippen LogP contribution >= 0.6 is 24.8 Å². The van der Waals surface area contributed by atoms with Crippen LogP contribution in [0.25, 0.3) is 0 Å². The first-order valence-corrected chi connectivity index (χ1v) is 6.90. The number of likely N-dealkylation sites (tertiary alicyclic amines) is 1. The van der Waals surface area contributed by atoms with Crippen molar-refractivity contribution < 1.29 is 9.47 Å². The summed E-state index contributed by atoms with van der Waals surface area (Å²) in [6, 6.07) is 6.37. The Morgan fingerprint density at radius 1 is 1.29 bits per heavy atom. The van der Waals surface area contributed by atoms with Gasteiger partial charge in [0.05, 0.1) is 13.7 Å². The van der Waals surface area contributed by atoms with Gasteiger partial charge < -0.3 is 20.1 Å². The van der Waals surface area contributed by atoms with Gasteiger partial charge in [0, 0.05) is 18.5 Å². The Morgan fingerprint density at radius 3 is 2.62 bits per heavy atom. The Labute approximate surface area is 139 Å². The first-order chi connectivity index (χ1) is 9.15. The number of ether oxygens (including phenoxy) is 2. The van der Waals surface area contributed by atoms with Gasteiger partial charge in [-0.25, -0.2) is 0 Å². The van der Waals surface area contributed by atoms with E-state index in [1.54, 1.807) is 7.11 Å². The molecule has 1 aliphatic rings. The predicted octanol–water partition coefficient (Wildman–Crippen LogP) is 2.68. The monoisotopic (exact) mass is 336 g/mol. The van der Waals surface area contributed by atoms with Gasteiger partial charge in [0.2, 0.25) is 0 Å². The van der Waals surface area contributed by atoms with Gasteiger partial charge in [-0.15, -0.1) is 24.8 Å². The van der Waals surface area contributed by atoms with Gasteiger partial charge in [-0.2, -0.15) is 0 Å². The van der Waals surface area contributed by atoms with Crippen molar-refractivity contribution in [1.29, 1.82) is 0 Å². The fourth-order valence-corrected chi connectivity index (χ4v) is 2.68. The highest BCUT2D eigenvalue weighted by molar-refractivity contribution is 5.85. The second kappa shape index (κ2) is 9.36. The van der Waals surface area contributed by atoms with Crippen LogP contribution in [0.3, 0.4) is 0 Å². The van der Waals surface area contributed by atoms with E-state index in [0.717, 1.165) is 31.0 Å². The van der Waals surface area contributed by atoms with Gasteiger partial charge in [-0.3, -0.25) is 0 Å². The van der Waals surface area contributed by atoms with Gasteiger partial charge in [0.15, 0.2) is 11.5 Å². The fourth-order valence-electron chi connectivity index (χ4n) is 2.68. The molecule has 21 heavy (non-hydrogen) atoms. The molecule has 4 nitrogen and oxygen atoms in total. The van der Waals surface area contributed by atoms with Crippen LogP contribution in [0.4, 0.5) is 0 Å². The van der Waals surface area contributed by atoms with Crippen molar-refractivity contribution in [1.82, 2.24) is 4.90 Å². The SMILES string of the molecule is CCOc1cc([C@H]2CN(C)CC[C@H]2N)ccc1OC.Cl.Cl. The molecule has 0 unspecified atom stereocenters. The molecule has 1 fully saturated rings. The zero-order valence-corrected chi connectivity index (χ0v) is 14.5. The Balaban J connectivity index is 0.00000200. The Bertz CT molecular complexity index is 432. The van der Waals surface area contributed by atoms with Crippen LogP contribution in [0, 0.1) is 0 Å². The maximum Gasteiger partial charge on any atom is 0.161 e. The molecule has 0 aromatic heterocycles. The maximum atomic E-state index is 6.27. The van der Waals surface area contributed by atoms with Crippen LogP contribution in [-0.4, -0.2) is 44.8 Å². The number of nitrogens with two attached hydrogens (primary N) is 1. The number of hydrogen-bond acceptors (Lipinski definition) is 4. The molecule has 2 atom stereocenters. The predicted molar refractivity (Wildman–Crippen MR) is 91.5 cm³/mol. The zero-order chi connectivity index (χ0) is 13.8. The molecule has 0 radical (unpaired) electrons. The summed E-state index contributed by atoms with van der Waals surface area (Å²) in [4.78, 5) is 2.33. The lowest BCUT2D eigenvalue weighted by atomic mass is 9.86. The molecule has 0 aliphatic carbocycles. The summed E-state index contributed by atoms with van der Waals surface area (Å²) in [5.41, 5.74) is 7.51. The minimum absolute atomic E-state index is 0. The average molecular weight is 337 g/mol. The highest BCUT2D eigenvalue weighted by atomic mass is 35.5. The van der Waals surface area contributed by atoms with Crippen LogP contribution in [0.1, 0.15) is 24.8 Å². The summed E-state index contributed by atoms with van der Waals surface area (Å²) in [5.74, 6) is 1.95. The second-order valence-electron chi connectivity index (χ2n) is 5.16. The largest absolute Gasteiger partial charge is 0.493 e. The third-order valence-corrected chi connectivity index (χ3v) is 3.79. The molecule has 0 saturated carbocycles.